The zero-order valence-electron chi connectivity index (χ0n) is 12.1. The third-order valence-corrected chi connectivity index (χ3v) is 3.69. The van der Waals surface area contributed by atoms with Gasteiger partial charge in [-0.2, -0.15) is 6.92 Å². The normalized spacial score (nSPS) is 27.9. The summed E-state index contributed by atoms with van der Waals surface area (Å²) in [6, 6.07) is 0. The Kier molecular flexibility index (Phi) is 7.86. The fraction of sp³-hybridized carbons (Fsp3) is 0.538. The van der Waals surface area contributed by atoms with Crippen LogP contribution in [0.2, 0.25) is 0 Å². The van der Waals surface area contributed by atoms with Gasteiger partial charge in [-0.1, -0.05) is 20.0 Å². The minimum absolute atomic E-state index is 0. The van der Waals surface area contributed by atoms with Crippen LogP contribution < -0.4 is 11.2 Å². The molecule has 1 fully saturated rings. The van der Waals surface area contributed by atoms with Gasteiger partial charge in [0.2, 0.25) is 0 Å². The van der Waals surface area contributed by atoms with E-state index in [9.17, 15) is 9.59 Å². The number of ether oxygens (including phenoxy) is 1. The molecular formula is C13H20LaLrN2O3-2. The van der Waals surface area contributed by atoms with Crippen molar-refractivity contribution in [3.8, 4) is 0 Å². The first-order chi connectivity index (χ1) is 7.91. The Morgan fingerprint density at radius 3 is 2.25 bits per heavy atom. The van der Waals surface area contributed by atoms with Crippen molar-refractivity contribution in [3.05, 3.63) is 46.9 Å². The van der Waals surface area contributed by atoms with Crippen molar-refractivity contribution in [2.75, 3.05) is 0 Å². The minimum Gasteiger partial charge on any atom is -0.358 e. The molecule has 0 aliphatic carbocycles. The van der Waals surface area contributed by atoms with Gasteiger partial charge in [0.1, 0.15) is 11.8 Å². The second-order valence-corrected chi connectivity index (χ2v) is 4.77. The quantitative estimate of drug-likeness (QED) is 0.467. The molecule has 1 aromatic heterocycles. The van der Waals surface area contributed by atoms with E-state index in [0.717, 1.165) is 0 Å². The molecule has 5 nitrogen and oxygen atoms in total. The van der Waals surface area contributed by atoms with Crippen molar-refractivity contribution in [3.63, 3.8) is 0 Å². The van der Waals surface area contributed by atoms with Crippen molar-refractivity contribution in [2.24, 2.45) is 11.8 Å². The largest absolute Gasteiger partial charge is 0.358 e. The van der Waals surface area contributed by atoms with E-state index >= 15 is 0 Å². The summed E-state index contributed by atoms with van der Waals surface area (Å²) < 4.78 is 7.19. The van der Waals surface area contributed by atoms with Crippen LogP contribution in [0.5, 0.6) is 0 Å². The molecule has 0 amide bonds. The molecule has 2 heterocycles. The predicted molar refractivity (Wildman–Crippen MR) is 70.1 cm³/mol. The minimum atomic E-state index is -0.446. The molecule has 0 aromatic carbocycles. The zero-order chi connectivity index (χ0) is 12.7. The Morgan fingerprint density at radius 2 is 1.80 bits per heavy atom. The molecule has 1 aromatic rings. The molecule has 4 unspecified atom stereocenters. The second kappa shape index (κ2) is 7.48. The van der Waals surface area contributed by atoms with Gasteiger partial charge in [-0.3, -0.25) is 0 Å². The molecule has 4 atom stereocenters. The third kappa shape index (κ3) is 3.42. The molecule has 7 heteroatoms. The van der Waals surface area contributed by atoms with Crippen molar-refractivity contribution in [2.45, 2.75) is 33.1 Å². The SMILES string of the molecule is [CH2-]c1cn(C2OC(C)C(C)C2C)c(=O)[nH]c1=O.[CH3-].[La].[Lr]. The maximum Gasteiger partial charge on any atom is 0.308 e. The number of rotatable bonds is 1. The summed E-state index contributed by atoms with van der Waals surface area (Å²) in [6.07, 6.45) is 1.24. The molecule has 120 valence electrons. The summed E-state index contributed by atoms with van der Waals surface area (Å²) in [5.74, 6) is 0.583. The van der Waals surface area contributed by atoms with Gasteiger partial charge in [0.15, 0.2) is 0 Å². The average Bonchev–Trinajstić information content (AvgIpc) is 2.51. The first-order valence-corrected chi connectivity index (χ1v) is 5.74. The van der Waals surface area contributed by atoms with Crippen LogP contribution in [0, 0.1) is 61.8 Å². The summed E-state index contributed by atoms with van der Waals surface area (Å²) >= 11 is 0. The summed E-state index contributed by atoms with van der Waals surface area (Å²) in [6.45, 7) is 9.72. The van der Waals surface area contributed by atoms with Crippen LogP contribution in [0.15, 0.2) is 15.8 Å². The number of nitrogens with one attached hydrogen (secondary N) is 1. The molecule has 0 saturated carbocycles. The molecule has 0 spiro atoms. The van der Waals surface area contributed by atoms with E-state index in [2.05, 4.69) is 18.8 Å². The molecule has 0 bridgehead atoms. The molecule has 1 aliphatic heterocycles. The Labute approximate surface area is 141 Å². The smallest absolute Gasteiger partial charge is 0.308 e. The molecule has 1 aliphatic rings. The van der Waals surface area contributed by atoms with Crippen molar-refractivity contribution in [1.82, 2.24) is 9.55 Å². The number of H-pyrrole nitrogens is 1. The van der Waals surface area contributed by atoms with Crippen LogP contribution in [-0.2, 0) is 4.74 Å². The van der Waals surface area contributed by atoms with Gasteiger partial charge in [-0.15, -0.1) is 5.56 Å². The van der Waals surface area contributed by atoms with E-state index in [1.165, 1.54) is 10.8 Å². The Morgan fingerprint density at radius 1 is 1.25 bits per heavy atom. The summed E-state index contributed by atoms with van der Waals surface area (Å²) in [7, 11) is 0. The molecule has 2 rings (SSSR count). The van der Waals surface area contributed by atoms with Gasteiger partial charge >= 0.3 is 5.69 Å². The predicted octanol–water partition coefficient (Wildman–Crippen LogP) is 1.36. The molecule has 1 saturated heterocycles. The topological polar surface area (TPSA) is 64.1 Å². The van der Waals surface area contributed by atoms with Crippen LogP contribution >= 0.6 is 0 Å². The van der Waals surface area contributed by atoms with Crippen LogP contribution in [0.25, 0.3) is 0 Å². The maximum absolute atomic E-state index is 11.7. The number of hydrogen-bond acceptors (Lipinski definition) is 3. The van der Waals surface area contributed by atoms with Gasteiger partial charge < -0.3 is 26.5 Å². The van der Waals surface area contributed by atoms with Gasteiger partial charge in [-0.25, -0.2) is 4.79 Å². The summed E-state index contributed by atoms with van der Waals surface area (Å²) in [5, 5.41) is 0. The van der Waals surface area contributed by atoms with Gasteiger partial charge in [0.25, 0.3) is 0 Å². The number of aromatic nitrogens is 2. The zero-order valence-corrected chi connectivity index (χ0v) is 17.9. The standard InChI is InChI=1S/C12H17N2O3.CH3.La.Lr/c1-6-5-14(12(16)13-10(6)15)11-8(3)7(2)9(4)17-11;;;/h5,7-9,11H,1H2,2-4H3,(H,13,15,16);1H3;;/q2*-1;;. The van der Waals surface area contributed by atoms with E-state index < -0.39 is 11.2 Å². The van der Waals surface area contributed by atoms with Crippen LogP contribution in [0.3, 0.4) is 0 Å². The van der Waals surface area contributed by atoms with Crippen molar-refractivity contribution in [1.29, 1.82) is 0 Å². The number of nitrogens with zero attached hydrogens (tertiary/aromatic N) is 1. The van der Waals surface area contributed by atoms with E-state index in [-0.39, 0.29) is 66.8 Å². The van der Waals surface area contributed by atoms with E-state index in [0.29, 0.717) is 5.92 Å². The van der Waals surface area contributed by atoms with E-state index in [1.54, 1.807) is 0 Å². The molecular weight excluding hydrogens is 633 g/mol. The van der Waals surface area contributed by atoms with Gasteiger partial charge in [0, 0.05) is 41.5 Å². The third-order valence-electron chi connectivity index (χ3n) is 3.69. The van der Waals surface area contributed by atoms with E-state index in [1.807, 2.05) is 13.8 Å². The summed E-state index contributed by atoms with van der Waals surface area (Å²) in [5.41, 5.74) is -0.619. The monoisotopic (exact) mass is 653 g/mol. The maximum atomic E-state index is 11.7. The molecule has 2 radical (unpaired) electrons. The average molecular weight is 653 g/mol. The fourth-order valence-electron chi connectivity index (χ4n) is 2.19. The Balaban J connectivity index is 0. The van der Waals surface area contributed by atoms with Crippen molar-refractivity contribution >= 4 is 0 Å². The van der Waals surface area contributed by atoms with E-state index in [4.69, 9.17) is 4.74 Å². The second-order valence-electron chi connectivity index (χ2n) is 4.77. The van der Waals surface area contributed by atoms with Crippen LogP contribution in [0.1, 0.15) is 32.6 Å². The van der Waals surface area contributed by atoms with Crippen LogP contribution in [0.4, 0.5) is 0 Å². The van der Waals surface area contributed by atoms with Crippen LogP contribution in [-0.4, -0.2) is 15.7 Å². The van der Waals surface area contributed by atoms with Gasteiger partial charge in [0.05, 0.1) is 6.10 Å². The first kappa shape index (κ1) is 21.0. The molecule has 20 heavy (non-hydrogen) atoms. The Hall–Kier alpha value is -1.30. The first-order valence-electron chi connectivity index (χ1n) is 5.74. The number of hydrogen-bond donors (Lipinski definition) is 1. The fourth-order valence-corrected chi connectivity index (χ4v) is 2.19. The molecule has 1 N–H and O–H groups in total. The van der Waals surface area contributed by atoms with Gasteiger partial charge in [-0.05, 0) is 12.8 Å². The Bertz CT molecular complexity index is 543. The number of aromatic amines is 1. The summed E-state index contributed by atoms with van der Waals surface area (Å²) in [4.78, 5) is 25.2. The van der Waals surface area contributed by atoms with Crippen molar-refractivity contribution < 1.29 is 40.3 Å².